The third-order valence-corrected chi connectivity index (χ3v) is 7.29. The molecule has 3 N–H and O–H groups in total. The number of thiophene rings is 1. The van der Waals surface area contributed by atoms with Crippen LogP contribution in [0.5, 0.6) is 5.88 Å². The molecular weight excluding hydrogens is 526 g/mol. The van der Waals surface area contributed by atoms with Gasteiger partial charge in [-0.2, -0.15) is 0 Å². The smallest absolute Gasteiger partial charge is 0.335 e. The Morgan fingerprint density at radius 2 is 1.77 bits per heavy atom. The summed E-state index contributed by atoms with van der Waals surface area (Å²) in [6.45, 7) is 0.649. The number of nitrogens with zero attached hydrogens (tertiary/aromatic N) is 4. The number of anilines is 1. The number of hydrogen-bond acceptors (Lipinski definition) is 8. The van der Waals surface area contributed by atoms with Gasteiger partial charge in [0.1, 0.15) is 16.5 Å². The van der Waals surface area contributed by atoms with Crippen LogP contribution < -0.4 is 21.7 Å². The monoisotopic (exact) mass is 550 g/mol. The first-order chi connectivity index (χ1) is 18.7. The van der Waals surface area contributed by atoms with Crippen molar-refractivity contribution in [3.8, 4) is 22.8 Å². The summed E-state index contributed by atoms with van der Waals surface area (Å²) >= 11 is 1.23. The Balaban J connectivity index is 1.35. The van der Waals surface area contributed by atoms with Crippen LogP contribution in [0.25, 0.3) is 27.2 Å². The third-order valence-electron chi connectivity index (χ3n) is 6.34. The average Bonchev–Trinajstić information content (AvgIpc) is 3.31. The fourth-order valence-corrected chi connectivity index (χ4v) is 5.23. The maximum atomic E-state index is 14.9. The molecule has 9 nitrogen and oxygen atoms in total. The van der Waals surface area contributed by atoms with Crippen LogP contribution in [0.3, 0.4) is 0 Å². The number of H-pyrrole nitrogens is 1. The molecule has 0 spiro atoms. The van der Waals surface area contributed by atoms with E-state index in [4.69, 9.17) is 10.5 Å². The van der Waals surface area contributed by atoms with Gasteiger partial charge in [0.15, 0.2) is 5.82 Å². The summed E-state index contributed by atoms with van der Waals surface area (Å²) in [6, 6.07) is 12.4. The molecule has 0 radical (unpaired) electrons. The number of nitrogens with two attached hydrogens (primary N) is 1. The normalized spacial score (nSPS) is 11.4. The average molecular weight is 551 g/mol. The van der Waals surface area contributed by atoms with Crippen LogP contribution in [0.15, 0.2) is 63.5 Å². The summed E-state index contributed by atoms with van der Waals surface area (Å²) in [5.41, 5.74) is 6.85. The summed E-state index contributed by atoms with van der Waals surface area (Å²) in [6.07, 6.45) is 0.126. The van der Waals surface area contributed by atoms with Gasteiger partial charge in [0.05, 0.1) is 12.5 Å². The lowest BCUT2D eigenvalue weighted by molar-refractivity contribution is 0.329. The highest BCUT2D eigenvalue weighted by Gasteiger charge is 2.18. The molecule has 0 fully saturated rings. The molecule has 5 rings (SSSR count). The van der Waals surface area contributed by atoms with Crippen molar-refractivity contribution in [2.24, 2.45) is 0 Å². The summed E-state index contributed by atoms with van der Waals surface area (Å²) in [4.78, 5) is 31.0. The van der Waals surface area contributed by atoms with Crippen LogP contribution >= 0.6 is 11.3 Å². The van der Waals surface area contributed by atoms with Gasteiger partial charge in [-0.1, -0.05) is 12.1 Å². The Bertz CT molecular complexity index is 1740. The van der Waals surface area contributed by atoms with Gasteiger partial charge >= 0.3 is 5.69 Å². The second kappa shape index (κ2) is 10.8. The zero-order valence-corrected chi connectivity index (χ0v) is 21.9. The third kappa shape index (κ3) is 5.29. The molecule has 0 unspecified atom stereocenters. The second-order valence-electron chi connectivity index (χ2n) is 9.00. The van der Waals surface area contributed by atoms with Crippen molar-refractivity contribution in [3.05, 3.63) is 97.5 Å². The largest absolute Gasteiger partial charge is 0.480 e. The molecule has 2 aromatic carbocycles. The van der Waals surface area contributed by atoms with Crippen LogP contribution in [0, 0.1) is 11.6 Å². The summed E-state index contributed by atoms with van der Waals surface area (Å²) < 4.78 is 35.7. The minimum atomic E-state index is -0.637. The van der Waals surface area contributed by atoms with E-state index in [0.717, 1.165) is 4.57 Å². The number of halogens is 2. The highest BCUT2D eigenvalue weighted by molar-refractivity contribution is 7.16. The summed E-state index contributed by atoms with van der Waals surface area (Å²) in [5, 5.41) is 9.87. The second-order valence-corrected chi connectivity index (χ2v) is 9.88. The van der Waals surface area contributed by atoms with E-state index in [2.05, 4.69) is 15.2 Å². The number of hydrogen-bond donors (Lipinski definition) is 2. The van der Waals surface area contributed by atoms with Crippen molar-refractivity contribution in [1.29, 1.82) is 0 Å². The first-order valence-corrected chi connectivity index (χ1v) is 12.8. The van der Waals surface area contributed by atoms with E-state index in [9.17, 15) is 18.4 Å². The van der Waals surface area contributed by atoms with E-state index < -0.39 is 22.9 Å². The van der Waals surface area contributed by atoms with E-state index in [1.54, 1.807) is 36.7 Å². The molecule has 5 aromatic rings. The number of aromatic nitrogens is 4. The molecule has 3 heterocycles. The molecule has 0 bridgehead atoms. The van der Waals surface area contributed by atoms with Gasteiger partial charge in [-0.15, -0.1) is 21.5 Å². The minimum Gasteiger partial charge on any atom is -0.480 e. The van der Waals surface area contributed by atoms with E-state index in [1.807, 2.05) is 4.90 Å². The van der Waals surface area contributed by atoms with Gasteiger partial charge in [0.2, 0.25) is 5.88 Å². The zero-order chi connectivity index (χ0) is 27.7. The summed E-state index contributed by atoms with van der Waals surface area (Å²) in [7, 11) is 3.23. The molecule has 12 heteroatoms. The topological polar surface area (TPSA) is 119 Å². The molecule has 0 amide bonds. The molecule has 0 aliphatic carbocycles. The van der Waals surface area contributed by atoms with Gasteiger partial charge in [-0.25, -0.2) is 18.1 Å². The van der Waals surface area contributed by atoms with Gasteiger partial charge < -0.3 is 15.4 Å². The Kier molecular flexibility index (Phi) is 7.22. The number of ether oxygens (including phenoxy) is 1. The van der Waals surface area contributed by atoms with Crippen molar-refractivity contribution in [3.63, 3.8) is 0 Å². The molecule has 39 heavy (non-hydrogen) atoms. The number of aromatic amines is 1. The number of fused-ring (bicyclic) bond motifs is 1. The number of nitrogens with one attached hydrogen (secondary N) is 1. The van der Waals surface area contributed by atoms with Crippen LogP contribution in [0.1, 0.15) is 11.1 Å². The van der Waals surface area contributed by atoms with Crippen molar-refractivity contribution in [2.75, 3.05) is 26.4 Å². The van der Waals surface area contributed by atoms with E-state index >= 15 is 0 Å². The van der Waals surface area contributed by atoms with E-state index in [0.29, 0.717) is 45.7 Å². The maximum Gasteiger partial charge on any atom is 0.335 e. The molecule has 3 aromatic heterocycles. The molecule has 0 aliphatic rings. The van der Waals surface area contributed by atoms with Gasteiger partial charge in [0.25, 0.3) is 5.56 Å². The number of likely N-dealkylation sites (N-methyl/N-ethyl adjacent to an activating group) is 1. The first-order valence-electron chi connectivity index (χ1n) is 11.9. The lowest BCUT2D eigenvalue weighted by atomic mass is 10.0. The molecule has 0 saturated carbocycles. The standard InChI is InChI=1S/C27H24F2N6O3S/c1-34(10-9-19-20(28)11-16(12-21(19)29)15-3-5-18(30)6-4-15)13-17-14-39-25-24(17)26(36)35(27(37)31-25)22-7-8-23(38-2)33-32-22/h3-8,11-12,14H,9-10,13,30H2,1-2H3,(H,31,37). The molecule has 200 valence electrons. The highest BCUT2D eigenvalue weighted by Crippen LogP contribution is 2.26. The number of rotatable bonds is 8. The van der Waals surface area contributed by atoms with Crippen LogP contribution in [-0.2, 0) is 13.0 Å². The van der Waals surface area contributed by atoms with Crippen molar-refractivity contribution >= 4 is 27.2 Å². The quantitative estimate of drug-likeness (QED) is 0.283. The van der Waals surface area contributed by atoms with Gasteiger partial charge in [-0.3, -0.25) is 9.78 Å². The number of methoxy groups -OCH3 is 1. The molecular formula is C27H24F2N6O3S. The lowest BCUT2D eigenvalue weighted by Gasteiger charge is -2.17. The maximum absolute atomic E-state index is 14.9. The van der Waals surface area contributed by atoms with Crippen LogP contribution in [0.4, 0.5) is 14.5 Å². The van der Waals surface area contributed by atoms with Crippen molar-refractivity contribution < 1.29 is 13.5 Å². The van der Waals surface area contributed by atoms with E-state index in [-0.39, 0.29) is 23.7 Å². The van der Waals surface area contributed by atoms with Crippen LogP contribution in [-0.4, -0.2) is 45.4 Å². The molecule has 0 saturated heterocycles. The fraction of sp³-hybridized carbons (Fsp3) is 0.185. The number of nitrogen functional groups attached to an aromatic ring is 1. The predicted octanol–water partition coefficient (Wildman–Crippen LogP) is 3.74. The van der Waals surface area contributed by atoms with Crippen molar-refractivity contribution in [2.45, 2.75) is 13.0 Å². The Labute approximate surface area is 225 Å². The lowest BCUT2D eigenvalue weighted by Crippen LogP contribution is -2.34. The highest BCUT2D eigenvalue weighted by atomic mass is 32.1. The van der Waals surface area contributed by atoms with Gasteiger partial charge in [-0.05, 0) is 65.9 Å². The number of benzene rings is 2. The summed E-state index contributed by atoms with van der Waals surface area (Å²) in [5.74, 6) is -0.952. The Morgan fingerprint density at radius 1 is 1.05 bits per heavy atom. The first kappa shape index (κ1) is 26.2. The fourth-order valence-electron chi connectivity index (χ4n) is 4.30. The zero-order valence-electron chi connectivity index (χ0n) is 21.1. The predicted molar refractivity (Wildman–Crippen MR) is 146 cm³/mol. The van der Waals surface area contributed by atoms with E-state index in [1.165, 1.54) is 42.7 Å². The Morgan fingerprint density at radius 3 is 2.41 bits per heavy atom. The molecule has 0 aliphatic heterocycles. The SMILES string of the molecule is COc1ccc(-n2c(=O)[nH]c3scc(CN(C)CCc4c(F)cc(-c5ccc(N)cc5)cc4F)c3c2=O)nn1. The minimum absolute atomic E-state index is 0.0130. The van der Waals surface area contributed by atoms with Crippen LogP contribution in [0.2, 0.25) is 0 Å². The van der Waals surface area contributed by atoms with Crippen molar-refractivity contribution in [1.82, 2.24) is 24.6 Å². The molecule has 0 atom stereocenters. The Hall–Kier alpha value is -4.42. The van der Waals surface area contributed by atoms with Gasteiger partial charge in [0, 0.05) is 30.4 Å².